The Morgan fingerprint density at radius 2 is 2.26 bits per heavy atom. The van der Waals surface area contributed by atoms with Crippen LogP contribution >= 0.6 is 0 Å². The molecule has 106 valence electrons. The third-order valence-corrected chi connectivity index (χ3v) is 3.21. The van der Waals surface area contributed by atoms with E-state index in [1.54, 1.807) is 6.20 Å². The molecule has 0 amide bonds. The Bertz CT molecular complexity index is 479. The molecule has 0 saturated carbocycles. The first-order chi connectivity index (χ1) is 8.68. The molecule has 1 aromatic heterocycles. The van der Waals surface area contributed by atoms with Crippen LogP contribution in [0.15, 0.2) is 12.4 Å². The maximum absolute atomic E-state index is 11.9. The van der Waals surface area contributed by atoms with Gasteiger partial charge in [0.05, 0.1) is 17.5 Å². The standard InChI is InChI=1S/C13H21N3O3/c1-12(2)5-10(13(3,4)19-12)18-11(17)8-16-7-9(14)6-15-16/h6-7,10H,5,8,14H2,1-4H3. The highest BCUT2D eigenvalue weighted by Gasteiger charge is 2.48. The number of carbonyl (C=O) groups excluding carboxylic acids is 1. The maximum Gasteiger partial charge on any atom is 0.328 e. The first-order valence-corrected chi connectivity index (χ1v) is 6.35. The van der Waals surface area contributed by atoms with Crippen LogP contribution < -0.4 is 5.73 Å². The van der Waals surface area contributed by atoms with Crippen molar-refractivity contribution in [1.29, 1.82) is 0 Å². The number of nitrogen functional groups attached to an aromatic ring is 1. The van der Waals surface area contributed by atoms with Gasteiger partial charge < -0.3 is 15.2 Å². The van der Waals surface area contributed by atoms with Crippen LogP contribution in [0.3, 0.4) is 0 Å². The van der Waals surface area contributed by atoms with Crippen LogP contribution in [0.2, 0.25) is 0 Å². The number of nitrogens with two attached hydrogens (primary N) is 1. The van der Waals surface area contributed by atoms with Gasteiger partial charge >= 0.3 is 5.97 Å². The van der Waals surface area contributed by atoms with Crippen molar-refractivity contribution in [1.82, 2.24) is 9.78 Å². The highest BCUT2D eigenvalue weighted by Crippen LogP contribution is 2.39. The Labute approximate surface area is 112 Å². The zero-order valence-corrected chi connectivity index (χ0v) is 11.8. The van der Waals surface area contributed by atoms with E-state index in [4.69, 9.17) is 15.2 Å². The quantitative estimate of drug-likeness (QED) is 0.836. The minimum absolute atomic E-state index is 0.0597. The molecule has 0 bridgehead atoms. The van der Waals surface area contributed by atoms with Gasteiger partial charge in [0.15, 0.2) is 0 Å². The van der Waals surface area contributed by atoms with Gasteiger partial charge in [-0.3, -0.25) is 9.48 Å². The smallest absolute Gasteiger partial charge is 0.328 e. The normalized spacial score (nSPS) is 24.3. The second-order valence-corrected chi connectivity index (χ2v) is 6.12. The van der Waals surface area contributed by atoms with Gasteiger partial charge in [0.2, 0.25) is 0 Å². The topological polar surface area (TPSA) is 79.4 Å². The number of carbonyl (C=O) groups is 1. The van der Waals surface area contributed by atoms with Gasteiger partial charge in [-0.05, 0) is 27.7 Å². The van der Waals surface area contributed by atoms with Crippen molar-refractivity contribution in [2.24, 2.45) is 0 Å². The predicted molar refractivity (Wildman–Crippen MR) is 70.4 cm³/mol. The Hall–Kier alpha value is -1.56. The van der Waals surface area contributed by atoms with Crippen LogP contribution in [0, 0.1) is 0 Å². The number of hydrogen-bond donors (Lipinski definition) is 1. The summed E-state index contributed by atoms with van der Waals surface area (Å²) in [6, 6.07) is 0. The monoisotopic (exact) mass is 267 g/mol. The van der Waals surface area contributed by atoms with E-state index in [1.165, 1.54) is 10.9 Å². The molecule has 19 heavy (non-hydrogen) atoms. The number of rotatable bonds is 3. The fourth-order valence-corrected chi connectivity index (χ4v) is 2.49. The average Bonchev–Trinajstić information content (AvgIpc) is 2.68. The first kappa shape index (κ1) is 13.9. The Morgan fingerprint density at radius 3 is 2.74 bits per heavy atom. The van der Waals surface area contributed by atoms with Crippen molar-refractivity contribution in [3.05, 3.63) is 12.4 Å². The van der Waals surface area contributed by atoms with Crippen LogP contribution in [0.1, 0.15) is 34.1 Å². The Morgan fingerprint density at radius 1 is 1.58 bits per heavy atom. The highest BCUT2D eigenvalue weighted by molar-refractivity contribution is 5.69. The minimum atomic E-state index is -0.470. The van der Waals surface area contributed by atoms with E-state index in [9.17, 15) is 4.79 Å². The van der Waals surface area contributed by atoms with Crippen LogP contribution in [0.5, 0.6) is 0 Å². The molecular formula is C13H21N3O3. The number of ether oxygens (including phenoxy) is 2. The van der Waals surface area contributed by atoms with Crippen molar-refractivity contribution in [3.63, 3.8) is 0 Å². The Kier molecular flexibility index (Phi) is 3.30. The van der Waals surface area contributed by atoms with Crippen LogP contribution in [0.25, 0.3) is 0 Å². The second-order valence-electron chi connectivity index (χ2n) is 6.12. The van der Waals surface area contributed by atoms with Gasteiger partial charge in [0.1, 0.15) is 18.2 Å². The molecule has 2 heterocycles. The number of hydrogen-bond acceptors (Lipinski definition) is 5. The largest absolute Gasteiger partial charge is 0.458 e. The van der Waals surface area contributed by atoms with Gasteiger partial charge in [-0.1, -0.05) is 0 Å². The lowest BCUT2D eigenvalue weighted by molar-refractivity contribution is -0.159. The molecule has 6 nitrogen and oxygen atoms in total. The zero-order chi connectivity index (χ0) is 14.3. The zero-order valence-electron chi connectivity index (χ0n) is 11.8. The molecule has 0 aliphatic carbocycles. The van der Waals surface area contributed by atoms with Gasteiger partial charge in [0.25, 0.3) is 0 Å². The summed E-state index contributed by atoms with van der Waals surface area (Å²) in [5.74, 6) is -0.331. The average molecular weight is 267 g/mol. The summed E-state index contributed by atoms with van der Waals surface area (Å²) in [4.78, 5) is 11.9. The fraction of sp³-hybridized carbons (Fsp3) is 0.692. The summed E-state index contributed by atoms with van der Waals surface area (Å²) in [5, 5.41) is 3.95. The van der Waals surface area contributed by atoms with E-state index in [2.05, 4.69) is 5.10 Å². The molecule has 6 heteroatoms. The lowest BCUT2D eigenvalue weighted by atomic mass is 9.97. The molecule has 0 spiro atoms. The van der Waals surface area contributed by atoms with Crippen LogP contribution in [0.4, 0.5) is 5.69 Å². The first-order valence-electron chi connectivity index (χ1n) is 6.35. The van der Waals surface area contributed by atoms with Gasteiger partial charge in [-0.25, -0.2) is 0 Å². The second kappa shape index (κ2) is 4.52. The number of esters is 1. The summed E-state index contributed by atoms with van der Waals surface area (Å²) in [6.07, 6.45) is 3.54. The van der Waals surface area contributed by atoms with E-state index in [-0.39, 0.29) is 24.2 Å². The van der Waals surface area contributed by atoms with Gasteiger partial charge in [-0.2, -0.15) is 5.10 Å². The summed E-state index contributed by atoms with van der Waals surface area (Å²) in [5.41, 5.74) is 5.32. The molecule has 1 aromatic rings. The van der Waals surface area contributed by atoms with E-state index < -0.39 is 5.60 Å². The summed E-state index contributed by atoms with van der Waals surface area (Å²) < 4.78 is 12.9. The fourth-order valence-electron chi connectivity index (χ4n) is 2.49. The van der Waals surface area contributed by atoms with Crippen molar-refractivity contribution in [3.8, 4) is 0 Å². The minimum Gasteiger partial charge on any atom is -0.458 e. The summed E-state index contributed by atoms with van der Waals surface area (Å²) in [7, 11) is 0. The highest BCUT2D eigenvalue weighted by atomic mass is 16.6. The molecule has 1 aliphatic heterocycles. The van der Waals surface area contributed by atoms with Gasteiger partial charge in [-0.15, -0.1) is 0 Å². The summed E-state index contributed by atoms with van der Waals surface area (Å²) >= 11 is 0. The van der Waals surface area contributed by atoms with Crippen molar-refractivity contribution in [2.75, 3.05) is 5.73 Å². The molecule has 2 N–H and O–H groups in total. The maximum atomic E-state index is 11.9. The molecule has 1 saturated heterocycles. The molecule has 1 aliphatic rings. The third-order valence-electron chi connectivity index (χ3n) is 3.21. The van der Waals surface area contributed by atoms with Crippen molar-refractivity contribution >= 4 is 11.7 Å². The van der Waals surface area contributed by atoms with E-state index in [0.717, 1.165) is 0 Å². The van der Waals surface area contributed by atoms with Crippen LogP contribution in [-0.2, 0) is 20.8 Å². The summed E-state index contributed by atoms with van der Waals surface area (Å²) in [6.45, 7) is 7.93. The molecule has 1 atom stereocenters. The van der Waals surface area contributed by atoms with Crippen LogP contribution in [-0.4, -0.2) is 33.1 Å². The number of nitrogens with zero attached hydrogens (tertiary/aromatic N) is 2. The SMILES string of the molecule is CC1(C)CC(OC(=O)Cn2cc(N)cn2)C(C)(C)O1. The number of anilines is 1. The molecular weight excluding hydrogens is 246 g/mol. The Balaban J connectivity index is 1.96. The van der Waals surface area contributed by atoms with E-state index >= 15 is 0 Å². The number of aromatic nitrogens is 2. The van der Waals surface area contributed by atoms with Gasteiger partial charge in [0, 0.05) is 12.6 Å². The molecule has 1 unspecified atom stereocenters. The van der Waals surface area contributed by atoms with E-state index in [1.807, 2.05) is 27.7 Å². The molecule has 1 fully saturated rings. The predicted octanol–water partition coefficient (Wildman–Crippen LogP) is 1.35. The van der Waals surface area contributed by atoms with Crippen molar-refractivity contribution < 1.29 is 14.3 Å². The third kappa shape index (κ3) is 3.26. The lowest BCUT2D eigenvalue weighted by Crippen LogP contribution is -2.37. The molecule has 0 radical (unpaired) electrons. The lowest BCUT2D eigenvalue weighted by Gasteiger charge is -2.26. The molecule has 0 aromatic carbocycles. The van der Waals surface area contributed by atoms with E-state index in [0.29, 0.717) is 12.1 Å². The molecule has 2 rings (SSSR count). The van der Waals surface area contributed by atoms with Crippen molar-refractivity contribution in [2.45, 2.75) is 58.0 Å².